The first-order chi connectivity index (χ1) is 9.32. The largest absolute Gasteiger partial charge is 0.360 e. The molecule has 0 fully saturated rings. The predicted octanol–water partition coefficient (Wildman–Crippen LogP) is 2.20. The van der Waals surface area contributed by atoms with E-state index in [1.54, 1.807) is 22.1 Å². The molecule has 7 heteroatoms. The number of pyridine rings is 1. The van der Waals surface area contributed by atoms with Crippen LogP contribution in [-0.2, 0) is 10.2 Å². The fraction of sp³-hybridized carbons (Fsp3) is 0.385. The highest BCUT2D eigenvalue weighted by Gasteiger charge is 2.24. The van der Waals surface area contributed by atoms with Gasteiger partial charge in [0.25, 0.3) is 5.91 Å². The van der Waals surface area contributed by atoms with Crippen molar-refractivity contribution in [2.45, 2.75) is 26.2 Å². The van der Waals surface area contributed by atoms with E-state index in [0.717, 1.165) is 11.3 Å². The molecule has 0 atom stereocenters. The molecule has 0 aliphatic heterocycles. The second-order valence-electron chi connectivity index (χ2n) is 5.52. The minimum atomic E-state index is -0.526. The fourth-order valence-electron chi connectivity index (χ4n) is 1.91. The number of carbonyl (C=O) groups excluding carboxylic acids is 1. The molecule has 1 amide bonds. The molecule has 2 rings (SSSR count). The summed E-state index contributed by atoms with van der Waals surface area (Å²) in [7, 11) is 0. The van der Waals surface area contributed by atoms with Gasteiger partial charge in [0.15, 0.2) is 0 Å². The highest BCUT2D eigenvalue weighted by atomic mass is 35.5. The standard InChI is InChI=1S/C13H17ClN4O2/c1-13(2,3)11-12(15-6-10(19)17-20)18-7-8(14)4-5-9(18)16-11/h4-5,7,15,20H,6H2,1-3H3,(H,17,19). The van der Waals surface area contributed by atoms with Crippen LogP contribution >= 0.6 is 11.6 Å². The van der Waals surface area contributed by atoms with Crippen LogP contribution in [0.3, 0.4) is 0 Å². The lowest BCUT2D eigenvalue weighted by atomic mass is 9.92. The molecule has 0 saturated carbocycles. The van der Waals surface area contributed by atoms with Crippen molar-refractivity contribution in [3.8, 4) is 0 Å². The third-order valence-corrected chi connectivity index (χ3v) is 3.06. The van der Waals surface area contributed by atoms with E-state index in [1.807, 2.05) is 26.8 Å². The first-order valence-corrected chi connectivity index (χ1v) is 6.55. The number of rotatable bonds is 3. The molecule has 0 aromatic carbocycles. The summed E-state index contributed by atoms with van der Waals surface area (Å²) in [5, 5.41) is 12.1. The molecular formula is C13H17ClN4O2. The van der Waals surface area contributed by atoms with E-state index in [0.29, 0.717) is 10.8 Å². The van der Waals surface area contributed by atoms with E-state index < -0.39 is 5.91 Å². The van der Waals surface area contributed by atoms with Crippen LogP contribution in [0.25, 0.3) is 5.65 Å². The molecule has 2 heterocycles. The normalized spacial score (nSPS) is 11.7. The van der Waals surface area contributed by atoms with E-state index in [9.17, 15) is 4.79 Å². The van der Waals surface area contributed by atoms with E-state index in [-0.39, 0.29) is 12.0 Å². The van der Waals surface area contributed by atoms with E-state index in [1.165, 1.54) is 0 Å². The van der Waals surface area contributed by atoms with Crippen molar-refractivity contribution in [3.63, 3.8) is 0 Å². The van der Waals surface area contributed by atoms with Crippen molar-refractivity contribution >= 4 is 29.0 Å². The first-order valence-electron chi connectivity index (χ1n) is 6.18. The number of halogens is 1. The maximum absolute atomic E-state index is 11.2. The molecule has 0 spiro atoms. The van der Waals surface area contributed by atoms with Crippen molar-refractivity contribution < 1.29 is 10.0 Å². The molecule has 0 radical (unpaired) electrons. The van der Waals surface area contributed by atoms with Gasteiger partial charge in [0.1, 0.15) is 11.5 Å². The SMILES string of the molecule is CC(C)(C)c1nc2ccc(Cl)cn2c1NCC(=O)NO. The number of nitrogens with one attached hydrogen (secondary N) is 2. The van der Waals surface area contributed by atoms with Gasteiger partial charge in [0.2, 0.25) is 0 Å². The number of imidazole rings is 1. The summed E-state index contributed by atoms with van der Waals surface area (Å²) in [6.45, 7) is 6.05. The number of aromatic nitrogens is 2. The van der Waals surface area contributed by atoms with Crippen LogP contribution in [0.4, 0.5) is 5.82 Å². The minimum Gasteiger partial charge on any atom is -0.360 e. The van der Waals surface area contributed by atoms with Crippen LogP contribution < -0.4 is 10.8 Å². The Morgan fingerprint density at radius 3 is 2.75 bits per heavy atom. The highest BCUT2D eigenvalue weighted by molar-refractivity contribution is 6.30. The monoisotopic (exact) mass is 296 g/mol. The highest BCUT2D eigenvalue weighted by Crippen LogP contribution is 2.30. The second-order valence-corrected chi connectivity index (χ2v) is 5.96. The molecule has 0 unspecified atom stereocenters. The zero-order chi connectivity index (χ0) is 14.9. The number of nitrogens with zero attached hydrogens (tertiary/aromatic N) is 2. The first kappa shape index (κ1) is 14.6. The topological polar surface area (TPSA) is 78.7 Å². The average molecular weight is 297 g/mol. The number of hydrogen-bond donors (Lipinski definition) is 3. The summed E-state index contributed by atoms with van der Waals surface area (Å²) in [5.41, 5.74) is 2.96. The quantitative estimate of drug-likeness (QED) is 0.599. The van der Waals surface area contributed by atoms with Crippen molar-refractivity contribution in [1.29, 1.82) is 0 Å². The fourth-order valence-corrected chi connectivity index (χ4v) is 2.07. The van der Waals surface area contributed by atoms with Crippen molar-refractivity contribution in [3.05, 3.63) is 29.0 Å². The third-order valence-electron chi connectivity index (χ3n) is 2.83. The third kappa shape index (κ3) is 2.86. The van der Waals surface area contributed by atoms with Gasteiger partial charge >= 0.3 is 0 Å². The van der Waals surface area contributed by atoms with Crippen molar-refractivity contribution in [2.75, 3.05) is 11.9 Å². The van der Waals surface area contributed by atoms with Gasteiger partial charge in [-0.15, -0.1) is 0 Å². The molecule has 2 aromatic rings. The van der Waals surface area contributed by atoms with Gasteiger partial charge in [-0.1, -0.05) is 32.4 Å². The molecule has 2 aromatic heterocycles. The van der Waals surface area contributed by atoms with E-state index in [4.69, 9.17) is 16.8 Å². The Bertz CT molecular complexity index is 646. The number of hydrogen-bond acceptors (Lipinski definition) is 4. The molecular weight excluding hydrogens is 280 g/mol. The molecule has 0 saturated heterocycles. The van der Waals surface area contributed by atoms with Gasteiger partial charge in [-0.05, 0) is 12.1 Å². The molecule has 6 nitrogen and oxygen atoms in total. The summed E-state index contributed by atoms with van der Waals surface area (Å²) in [5.74, 6) is 0.167. The Labute approximate surface area is 121 Å². The molecule has 0 aliphatic rings. The summed E-state index contributed by atoms with van der Waals surface area (Å²) in [6, 6.07) is 3.58. The summed E-state index contributed by atoms with van der Waals surface area (Å²) in [4.78, 5) is 15.8. The van der Waals surface area contributed by atoms with Crippen molar-refractivity contribution in [2.24, 2.45) is 0 Å². The Balaban J connectivity index is 2.51. The molecule has 20 heavy (non-hydrogen) atoms. The molecule has 0 aliphatic carbocycles. The maximum Gasteiger partial charge on any atom is 0.262 e. The van der Waals surface area contributed by atoms with E-state index in [2.05, 4.69) is 10.3 Å². The molecule has 0 bridgehead atoms. The van der Waals surface area contributed by atoms with Crippen LogP contribution in [0.5, 0.6) is 0 Å². The van der Waals surface area contributed by atoms with Crippen molar-refractivity contribution in [1.82, 2.24) is 14.9 Å². The zero-order valence-electron chi connectivity index (χ0n) is 11.6. The van der Waals surface area contributed by atoms with Gasteiger partial charge in [-0.3, -0.25) is 14.4 Å². The molecule has 108 valence electrons. The summed E-state index contributed by atoms with van der Waals surface area (Å²) in [6.07, 6.45) is 1.73. The average Bonchev–Trinajstić information content (AvgIpc) is 2.73. The minimum absolute atomic E-state index is 0.0557. The van der Waals surface area contributed by atoms with Crippen LogP contribution in [0.1, 0.15) is 26.5 Å². The second kappa shape index (κ2) is 5.30. The van der Waals surface area contributed by atoms with Crippen LogP contribution in [0.15, 0.2) is 18.3 Å². The van der Waals surface area contributed by atoms with Gasteiger partial charge in [0.05, 0.1) is 17.3 Å². The van der Waals surface area contributed by atoms with E-state index >= 15 is 0 Å². The maximum atomic E-state index is 11.2. The Morgan fingerprint density at radius 1 is 1.45 bits per heavy atom. The van der Waals surface area contributed by atoms with Gasteiger partial charge in [-0.2, -0.15) is 0 Å². The Kier molecular flexibility index (Phi) is 3.87. The van der Waals surface area contributed by atoms with Crippen LogP contribution in [0, 0.1) is 0 Å². The number of anilines is 1. The smallest absolute Gasteiger partial charge is 0.262 e. The summed E-state index contributed by atoms with van der Waals surface area (Å²) < 4.78 is 1.80. The lowest BCUT2D eigenvalue weighted by molar-refractivity contribution is -0.127. The van der Waals surface area contributed by atoms with Gasteiger partial charge < -0.3 is 5.32 Å². The van der Waals surface area contributed by atoms with Crippen LogP contribution in [-0.4, -0.2) is 27.0 Å². The lowest BCUT2D eigenvalue weighted by Crippen LogP contribution is -2.28. The van der Waals surface area contributed by atoms with Crippen LogP contribution in [0.2, 0.25) is 5.02 Å². The lowest BCUT2D eigenvalue weighted by Gasteiger charge is -2.18. The van der Waals surface area contributed by atoms with Gasteiger partial charge in [-0.25, -0.2) is 10.5 Å². The number of amides is 1. The Morgan fingerprint density at radius 2 is 2.15 bits per heavy atom. The predicted molar refractivity (Wildman–Crippen MR) is 77.3 cm³/mol. The number of fused-ring (bicyclic) bond motifs is 1. The zero-order valence-corrected chi connectivity index (χ0v) is 12.3. The Hall–Kier alpha value is -1.79. The number of hydroxylamine groups is 1. The summed E-state index contributed by atoms with van der Waals surface area (Å²) >= 11 is 6.01. The molecule has 3 N–H and O–H groups in total. The number of carbonyl (C=O) groups is 1. The van der Waals surface area contributed by atoms with Gasteiger partial charge in [0, 0.05) is 11.6 Å².